The number of rotatable bonds is 7. The monoisotopic (exact) mass is 190 g/mol. The normalized spacial score (nSPS) is 16.2. The van der Waals surface area contributed by atoms with Gasteiger partial charge in [0.05, 0.1) is 12.2 Å². The van der Waals surface area contributed by atoms with Gasteiger partial charge < -0.3 is 15.9 Å². The van der Waals surface area contributed by atoms with Crippen molar-refractivity contribution in [3.05, 3.63) is 0 Å². The number of nitrogens with zero attached hydrogens (tertiary/aromatic N) is 1. The van der Waals surface area contributed by atoms with Crippen LogP contribution in [0.5, 0.6) is 0 Å². The van der Waals surface area contributed by atoms with Crippen LogP contribution in [-0.2, 0) is 0 Å². The molecule has 4 nitrogen and oxygen atoms in total. The van der Waals surface area contributed by atoms with Crippen molar-refractivity contribution in [3.63, 3.8) is 0 Å². The van der Waals surface area contributed by atoms with Crippen molar-refractivity contribution in [2.45, 2.75) is 38.9 Å². The highest BCUT2D eigenvalue weighted by Crippen LogP contribution is 1.98. The maximum Gasteiger partial charge on any atom is 0.0665 e. The third kappa shape index (κ3) is 5.99. The molecule has 0 heterocycles. The summed E-state index contributed by atoms with van der Waals surface area (Å²) in [6, 6.07) is 0. The summed E-state index contributed by atoms with van der Waals surface area (Å²) in [5.74, 6) is 0. The van der Waals surface area contributed by atoms with E-state index in [-0.39, 0.29) is 12.2 Å². The van der Waals surface area contributed by atoms with Crippen molar-refractivity contribution in [1.82, 2.24) is 4.90 Å². The van der Waals surface area contributed by atoms with Crippen molar-refractivity contribution in [2.75, 3.05) is 19.8 Å². The quantitative estimate of drug-likeness (QED) is 0.484. The second-order valence-electron chi connectivity index (χ2n) is 3.34. The molecule has 0 spiro atoms. The predicted molar refractivity (Wildman–Crippen MR) is 53.2 cm³/mol. The Morgan fingerprint density at radius 2 is 1.46 bits per heavy atom. The summed E-state index contributed by atoms with van der Waals surface area (Å²) in [6.07, 6.45) is 0.762. The maximum absolute atomic E-state index is 9.37. The van der Waals surface area contributed by atoms with Gasteiger partial charge in [0.25, 0.3) is 0 Å². The van der Waals surface area contributed by atoms with Crippen LogP contribution >= 0.6 is 0 Å². The van der Waals surface area contributed by atoms with Crippen LogP contribution in [0.4, 0.5) is 0 Å². The van der Waals surface area contributed by atoms with E-state index < -0.39 is 0 Å². The summed E-state index contributed by atoms with van der Waals surface area (Å²) in [6.45, 7) is 5.33. The molecule has 0 fully saturated rings. The van der Waals surface area contributed by atoms with Gasteiger partial charge in [0.15, 0.2) is 0 Å². The van der Waals surface area contributed by atoms with Crippen LogP contribution in [0.3, 0.4) is 0 Å². The zero-order chi connectivity index (χ0) is 10.3. The van der Waals surface area contributed by atoms with Crippen LogP contribution in [0.25, 0.3) is 0 Å². The first-order valence-electron chi connectivity index (χ1n) is 4.92. The van der Waals surface area contributed by atoms with Gasteiger partial charge in [-0.3, -0.25) is 4.90 Å². The van der Waals surface area contributed by atoms with Crippen LogP contribution < -0.4 is 5.73 Å². The lowest BCUT2D eigenvalue weighted by molar-refractivity contribution is 0.0678. The van der Waals surface area contributed by atoms with Gasteiger partial charge in [-0.15, -0.1) is 0 Å². The third-order valence-corrected chi connectivity index (χ3v) is 2.14. The lowest BCUT2D eigenvalue weighted by Gasteiger charge is -2.24. The molecule has 0 aliphatic rings. The Morgan fingerprint density at radius 3 is 1.69 bits per heavy atom. The number of aliphatic hydroxyl groups is 2. The largest absolute Gasteiger partial charge is 0.392 e. The number of hydrogen-bond donors (Lipinski definition) is 3. The van der Waals surface area contributed by atoms with Gasteiger partial charge in [0.2, 0.25) is 0 Å². The van der Waals surface area contributed by atoms with E-state index in [0.29, 0.717) is 19.8 Å². The van der Waals surface area contributed by atoms with Gasteiger partial charge >= 0.3 is 0 Å². The number of aliphatic hydroxyl groups excluding tert-OH is 2. The minimum atomic E-state index is -0.340. The molecule has 0 rings (SSSR count). The van der Waals surface area contributed by atoms with Crippen molar-refractivity contribution < 1.29 is 10.2 Å². The standard InChI is InChI=1S/C9H22N2O2/c1-3-8(12)5-11(7-10)6-9(13)4-2/h8-9,12-13H,3-7,10H2,1-2H3. The van der Waals surface area contributed by atoms with Crippen molar-refractivity contribution in [3.8, 4) is 0 Å². The van der Waals surface area contributed by atoms with Gasteiger partial charge in [-0.2, -0.15) is 0 Å². The van der Waals surface area contributed by atoms with E-state index >= 15 is 0 Å². The molecule has 0 aliphatic carbocycles. The second-order valence-corrected chi connectivity index (χ2v) is 3.34. The Morgan fingerprint density at radius 1 is 1.08 bits per heavy atom. The molecular formula is C9H22N2O2. The Kier molecular flexibility index (Phi) is 7.17. The molecule has 0 aromatic carbocycles. The van der Waals surface area contributed by atoms with Crippen LogP contribution in [0, 0.1) is 0 Å². The van der Waals surface area contributed by atoms with Crippen molar-refractivity contribution in [1.29, 1.82) is 0 Å². The van der Waals surface area contributed by atoms with E-state index in [4.69, 9.17) is 5.73 Å². The van der Waals surface area contributed by atoms with Gasteiger partial charge in [-0.1, -0.05) is 13.8 Å². The highest BCUT2D eigenvalue weighted by atomic mass is 16.3. The van der Waals surface area contributed by atoms with E-state index in [2.05, 4.69) is 0 Å². The van der Waals surface area contributed by atoms with Crippen molar-refractivity contribution in [2.24, 2.45) is 5.73 Å². The van der Waals surface area contributed by atoms with Gasteiger partial charge in [0, 0.05) is 19.8 Å². The summed E-state index contributed by atoms with van der Waals surface area (Å²) in [5, 5.41) is 18.7. The minimum Gasteiger partial charge on any atom is -0.392 e. The predicted octanol–water partition coefficient (Wildman–Crippen LogP) is -0.254. The van der Waals surface area contributed by atoms with E-state index in [1.54, 1.807) is 0 Å². The second kappa shape index (κ2) is 7.26. The lowest BCUT2D eigenvalue weighted by Crippen LogP contribution is -2.41. The number of nitrogens with two attached hydrogens (primary N) is 1. The first-order valence-corrected chi connectivity index (χ1v) is 4.92. The fourth-order valence-electron chi connectivity index (χ4n) is 1.08. The summed E-state index contributed by atoms with van der Waals surface area (Å²) < 4.78 is 0. The van der Waals surface area contributed by atoms with E-state index in [9.17, 15) is 10.2 Å². The summed E-state index contributed by atoms with van der Waals surface area (Å²) in [7, 11) is 0. The molecule has 0 aromatic rings. The summed E-state index contributed by atoms with van der Waals surface area (Å²) in [5.41, 5.74) is 5.48. The summed E-state index contributed by atoms with van der Waals surface area (Å²) >= 11 is 0. The molecule has 4 N–H and O–H groups in total. The Bertz CT molecular complexity index is 110. The molecule has 2 atom stereocenters. The molecule has 0 aromatic heterocycles. The third-order valence-electron chi connectivity index (χ3n) is 2.14. The van der Waals surface area contributed by atoms with Crippen LogP contribution in [0.1, 0.15) is 26.7 Å². The number of hydrogen-bond acceptors (Lipinski definition) is 4. The van der Waals surface area contributed by atoms with E-state index in [0.717, 1.165) is 12.8 Å². The van der Waals surface area contributed by atoms with Crippen LogP contribution in [-0.4, -0.2) is 47.1 Å². The fourth-order valence-corrected chi connectivity index (χ4v) is 1.08. The molecule has 0 aliphatic heterocycles. The molecule has 0 radical (unpaired) electrons. The zero-order valence-corrected chi connectivity index (χ0v) is 8.61. The highest BCUT2D eigenvalue weighted by Gasteiger charge is 2.11. The molecule has 13 heavy (non-hydrogen) atoms. The van der Waals surface area contributed by atoms with Crippen molar-refractivity contribution >= 4 is 0 Å². The van der Waals surface area contributed by atoms with E-state index in [1.165, 1.54) is 0 Å². The Hall–Kier alpha value is -0.160. The van der Waals surface area contributed by atoms with E-state index in [1.807, 2.05) is 18.7 Å². The fraction of sp³-hybridized carbons (Fsp3) is 1.00. The maximum atomic E-state index is 9.37. The smallest absolute Gasteiger partial charge is 0.0665 e. The Labute approximate surface area is 80.3 Å². The summed E-state index contributed by atoms with van der Waals surface area (Å²) in [4.78, 5) is 1.86. The molecule has 0 saturated heterocycles. The molecule has 0 saturated carbocycles. The minimum absolute atomic E-state index is 0.340. The lowest BCUT2D eigenvalue weighted by atomic mass is 10.2. The average Bonchev–Trinajstić information content (AvgIpc) is 2.16. The average molecular weight is 190 g/mol. The van der Waals surface area contributed by atoms with Crippen LogP contribution in [0.2, 0.25) is 0 Å². The highest BCUT2D eigenvalue weighted by molar-refractivity contribution is 4.65. The SMILES string of the molecule is CCC(O)CN(CN)CC(O)CC. The van der Waals surface area contributed by atoms with Gasteiger partial charge in [-0.05, 0) is 12.8 Å². The molecule has 2 unspecified atom stereocenters. The van der Waals surface area contributed by atoms with Gasteiger partial charge in [-0.25, -0.2) is 0 Å². The first-order chi connectivity index (χ1) is 6.13. The molecule has 80 valence electrons. The molecule has 0 amide bonds. The first kappa shape index (κ1) is 12.8. The molecule has 4 heteroatoms. The van der Waals surface area contributed by atoms with Crippen LogP contribution in [0.15, 0.2) is 0 Å². The molecular weight excluding hydrogens is 168 g/mol. The zero-order valence-electron chi connectivity index (χ0n) is 8.61. The molecule has 0 bridgehead atoms. The van der Waals surface area contributed by atoms with Gasteiger partial charge in [0.1, 0.15) is 0 Å². The topological polar surface area (TPSA) is 69.7 Å². The Balaban J connectivity index is 3.74.